The summed E-state index contributed by atoms with van der Waals surface area (Å²) in [4.78, 5) is 23.0. The van der Waals surface area contributed by atoms with Gasteiger partial charge in [0, 0.05) is 5.69 Å². The molecule has 0 radical (unpaired) electrons. The number of hydrogen-bond donors (Lipinski definition) is 3. The first-order valence-corrected chi connectivity index (χ1v) is 5.58. The minimum atomic E-state index is -1.16. The molecule has 0 spiro atoms. The Kier molecular flexibility index (Phi) is 3.47. The average molecular weight is 256 g/mol. The number of nitrogens with two attached hydrogens (primary N) is 1. The lowest BCUT2D eigenvalue weighted by molar-refractivity contribution is 0.0698. The van der Waals surface area contributed by atoms with Gasteiger partial charge in [0.2, 0.25) is 0 Å². The van der Waals surface area contributed by atoms with Gasteiger partial charge in [-0.25, -0.2) is 4.79 Å². The van der Waals surface area contributed by atoms with Crippen LogP contribution < -0.4 is 11.1 Å². The topological polar surface area (TPSA) is 92.4 Å². The number of hydrogen-bond acceptors (Lipinski definition) is 3. The Labute approximate surface area is 109 Å². The van der Waals surface area contributed by atoms with Crippen LogP contribution in [0.1, 0.15) is 20.7 Å². The van der Waals surface area contributed by atoms with Gasteiger partial charge in [-0.05, 0) is 24.3 Å². The maximum atomic E-state index is 12.0. The van der Waals surface area contributed by atoms with Gasteiger partial charge in [-0.15, -0.1) is 0 Å². The van der Waals surface area contributed by atoms with E-state index in [1.54, 1.807) is 24.3 Å². The van der Waals surface area contributed by atoms with Crippen LogP contribution in [0.3, 0.4) is 0 Å². The van der Waals surface area contributed by atoms with E-state index in [0.29, 0.717) is 5.69 Å². The van der Waals surface area contributed by atoms with Gasteiger partial charge in [-0.3, -0.25) is 4.79 Å². The van der Waals surface area contributed by atoms with Gasteiger partial charge in [0.1, 0.15) is 0 Å². The number of carboxylic acids is 1. The summed E-state index contributed by atoms with van der Waals surface area (Å²) in [5, 5.41) is 11.6. The first kappa shape index (κ1) is 12.6. The van der Waals surface area contributed by atoms with Gasteiger partial charge in [0.25, 0.3) is 5.91 Å². The summed E-state index contributed by atoms with van der Waals surface area (Å²) in [5.74, 6) is -1.60. The summed E-state index contributed by atoms with van der Waals surface area (Å²) in [6.45, 7) is 0. The minimum absolute atomic E-state index is 0.0385. The molecule has 2 aromatic rings. The van der Waals surface area contributed by atoms with Crippen LogP contribution >= 0.6 is 0 Å². The molecule has 4 N–H and O–H groups in total. The van der Waals surface area contributed by atoms with Crippen molar-refractivity contribution in [3.8, 4) is 0 Å². The number of nitrogens with one attached hydrogen (secondary N) is 1. The number of carbonyl (C=O) groups is 2. The first-order valence-electron chi connectivity index (χ1n) is 5.58. The molecule has 96 valence electrons. The van der Waals surface area contributed by atoms with Crippen molar-refractivity contribution in [2.75, 3.05) is 11.1 Å². The highest BCUT2D eigenvalue weighted by atomic mass is 16.4. The normalized spacial score (nSPS) is 9.89. The monoisotopic (exact) mass is 256 g/mol. The van der Waals surface area contributed by atoms with Crippen molar-refractivity contribution in [3.63, 3.8) is 0 Å². The van der Waals surface area contributed by atoms with E-state index < -0.39 is 11.9 Å². The zero-order chi connectivity index (χ0) is 13.8. The molecule has 0 aliphatic rings. The fourth-order valence-electron chi connectivity index (χ4n) is 1.67. The van der Waals surface area contributed by atoms with Crippen molar-refractivity contribution in [3.05, 3.63) is 59.7 Å². The summed E-state index contributed by atoms with van der Waals surface area (Å²) in [6, 6.07) is 13.2. The Morgan fingerprint density at radius 2 is 1.58 bits per heavy atom. The molecule has 0 fully saturated rings. The number of aromatic carboxylic acids is 1. The van der Waals surface area contributed by atoms with Crippen LogP contribution in [0, 0.1) is 0 Å². The number of anilines is 2. The number of benzene rings is 2. The summed E-state index contributed by atoms with van der Waals surface area (Å²) in [5.41, 5.74) is 6.34. The summed E-state index contributed by atoms with van der Waals surface area (Å²) >= 11 is 0. The van der Waals surface area contributed by atoms with Crippen molar-refractivity contribution in [2.24, 2.45) is 0 Å². The third-order valence-corrected chi connectivity index (χ3v) is 2.61. The van der Waals surface area contributed by atoms with Gasteiger partial charge >= 0.3 is 5.97 Å². The molecule has 0 heterocycles. The second-order valence-electron chi connectivity index (χ2n) is 3.89. The fraction of sp³-hybridized carbons (Fsp3) is 0. The van der Waals surface area contributed by atoms with Crippen molar-refractivity contribution in [2.45, 2.75) is 0 Å². The molecule has 0 aromatic heterocycles. The first-order chi connectivity index (χ1) is 9.09. The number of para-hydroxylation sites is 2. The molecule has 2 aromatic carbocycles. The van der Waals surface area contributed by atoms with Crippen LogP contribution in [0.2, 0.25) is 0 Å². The van der Waals surface area contributed by atoms with E-state index in [1.165, 1.54) is 18.2 Å². The molecule has 2 rings (SSSR count). The Morgan fingerprint density at radius 3 is 2.21 bits per heavy atom. The Hall–Kier alpha value is -2.82. The molecular weight excluding hydrogens is 244 g/mol. The molecule has 5 nitrogen and oxygen atoms in total. The van der Waals surface area contributed by atoms with Crippen molar-refractivity contribution in [1.82, 2.24) is 0 Å². The number of carboxylic acid groups (broad SMARTS) is 1. The molecule has 5 heteroatoms. The second-order valence-corrected chi connectivity index (χ2v) is 3.89. The van der Waals surface area contributed by atoms with Crippen LogP contribution in [-0.2, 0) is 0 Å². The lowest BCUT2D eigenvalue weighted by atomic mass is 10.1. The van der Waals surface area contributed by atoms with Gasteiger partial charge < -0.3 is 16.2 Å². The van der Waals surface area contributed by atoms with E-state index in [9.17, 15) is 9.59 Å². The lowest BCUT2D eigenvalue weighted by Gasteiger charge is -2.09. The third kappa shape index (κ3) is 2.71. The van der Waals surface area contributed by atoms with Crippen molar-refractivity contribution < 1.29 is 14.7 Å². The highest BCUT2D eigenvalue weighted by Crippen LogP contribution is 2.19. The summed E-state index contributed by atoms with van der Waals surface area (Å²) in [7, 11) is 0. The number of carbonyl (C=O) groups excluding carboxylic acids is 1. The lowest BCUT2D eigenvalue weighted by Crippen LogP contribution is -2.16. The fourth-order valence-corrected chi connectivity index (χ4v) is 1.67. The highest BCUT2D eigenvalue weighted by molar-refractivity contribution is 6.10. The summed E-state index contributed by atoms with van der Waals surface area (Å²) in [6.07, 6.45) is 0. The van der Waals surface area contributed by atoms with Crippen LogP contribution in [0.4, 0.5) is 11.4 Å². The zero-order valence-corrected chi connectivity index (χ0v) is 9.96. The molecule has 0 atom stereocenters. The highest BCUT2D eigenvalue weighted by Gasteiger charge is 2.16. The predicted molar refractivity (Wildman–Crippen MR) is 72.2 cm³/mol. The number of rotatable bonds is 3. The molecule has 0 bridgehead atoms. The largest absolute Gasteiger partial charge is 0.478 e. The maximum Gasteiger partial charge on any atom is 0.337 e. The molecule has 0 unspecified atom stereocenters. The van der Waals surface area contributed by atoms with E-state index >= 15 is 0 Å². The average Bonchev–Trinajstić information content (AvgIpc) is 2.39. The van der Waals surface area contributed by atoms with E-state index in [2.05, 4.69) is 5.32 Å². The van der Waals surface area contributed by atoms with Crippen LogP contribution in [0.15, 0.2) is 48.5 Å². The van der Waals surface area contributed by atoms with E-state index in [4.69, 9.17) is 10.8 Å². The predicted octanol–water partition coefficient (Wildman–Crippen LogP) is 2.22. The van der Waals surface area contributed by atoms with E-state index in [0.717, 1.165) is 0 Å². The Morgan fingerprint density at radius 1 is 0.947 bits per heavy atom. The van der Waals surface area contributed by atoms with Crippen molar-refractivity contribution in [1.29, 1.82) is 0 Å². The number of amides is 1. The zero-order valence-electron chi connectivity index (χ0n) is 9.96. The standard InChI is InChI=1S/C14H12N2O3/c15-12-10(7-4-8-11(12)14(18)19)13(17)16-9-5-2-1-3-6-9/h1-8H,15H2,(H,16,17)(H,18,19). The molecule has 0 aliphatic carbocycles. The van der Waals surface area contributed by atoms with Gasteiger partial charge in [-0.2, -0.15) is 0 Å². The van der Waals surface area contributed by atoms with E-state index in [1.807, 2.05) is 6.07 Å². The SMILES string of the molecule is Nc1c(C(=O)O)cccc1C(=O)Nc1ccccc1. The Balaban J connectivity index is 2.30. The molecule has 0 aliphatic heterocycles. The smallest absolute Gasteiger partial charge is 0.337 e. The third-order valence-electron chi connectivity index (χ3n) is 2.61. The second kappa shape index (κ2) is 5.22. The van der Waals surface area contributed by atoms with Crippen LogP contribution in [-0.4, -0.2) is 17.0 Å². The molecule has 0 saturated heterocycles. The van der Waals surface area contributed by atoms with Crippen LogP contribution in [0.25, 0.3) is 0 Å². The quantitative estimate of drug-likeness (QED) is 0.734. The summed E-state index contributed by atoms with van der Waals surface area (Å²) < 4.78 is 0. The van der Waals surface area contributed by atoms with Gasteiger partial charge in [0.15, 0.2) is 0 Å². The Bertz CT molecular complexity index is 624. The molecule has 19 heavy (non-hydrogen) atoms. The van der Waals surface area contributed by atoms with E-state index in [-0.39, 0.29) is 16.8 Å². The number of nitrogen functional groups attached to an aromatic ring is 1. The molecular formula is C14H12N2O3. The van der Waals surface area contributed by atoms with Crippen molar-refractivity contribution >= 4 is 23.3 Å². The van der Waals surface area contributed by atoms with Gasteiger partial charge in [0.05, 0.1) is 16.8 Å². The minimum Gasteiger partial charge on any atom is -0.478 e. The molecule has 0 saturated carbocycles. The maximum absolute atomic E-state index is 12.0. The molecule has 1 amide bonds. The van der Waals surface area contributed by atoms with Gasteiger partial charge in [-0.1, -0.05) is 24.3 Å². The van der Waals surface area contributed by atoms with Crippen LogP contribution in [0.5, 0.6) is 0 Å².